The van der Waals surface area contributed by atoms with Gasteiger partial charge in [0.25, 0.3) is 0 Å². The Morgan fingerprint density at radius 3 is 2.61 bits per heavy atom. The van der Waals surface area contributed by atoms with Gasteiger partial charge in [-0.3, -0.25) is 4.79 Å². The van der Waals surface area contributed by atoms with Crippen LogP contribution in [0.2, 0.25) is 0 Å². The second-order valence-corrected chi connectivity index (χ2v) is 3.43. The van der Waals surface area contributed by atoms with Crippen LogP contribution < -0.4 is 0 Å². The van der Waals surface area contributed by atoms with E-state index in [0.29, 0.717) is 11.8 Å². The van der Waals surface area contributed by atoms with Crippen LogP contribution in [0.15, 0.2) is 30.5 Å². The first-order chi connectivity index (χ1) is 8.69. The molecule has 88 valence electrons. The SMILES string of the molecule is O=Cc1ncc(-c2ccc(C#CC(=O)O)cc2)[nH]1. The Morgan fingerprint density at radius 1 is 1.33 bits per heavy atom. The number of benzene rings is 1. The van der Waals surface area contributed by atoms with Gasteiger partial charge in [0.1, 0.15) is 0 Å². The Morgan fingerprint density at radius 2 is 2.06 bits per heavy atom. The normalized spacial score (nSPS) is 9.33. The van der Waals surface area contributed by atoms with Gasteiger partial charge in [-0.25, -0.2) is 9.78 Å². The van der Waals surface area contributed by atoms with Crippen LogP contribution in [0, 0.1) is 11.8 Å². The van der Waals surface area contributed by atoms with Gasteiger partial charge in [-0.05, 0) is 17.7 Å². The molecule has 0 aliphatic rings. The molecule has 0 radical (unpaired) electrons. The summed E-state index contributed by atoms with van der Waals surface area (Å²) in [6.07, 6.45) is 2.19. The van der Waals surface area contributed by atoms with E-state index in [0.717, 1.165) is 11.3 Å². The van der Waals surface area contributed by atoms with Gasteiger partial charge in [-0.15, -0.1) is 0 Å². The molecule has 5 heteroatoms. The van der Waals surface area contributed by atoms with Crippen molar-refractivity contribution in [1.82, 2.24) is 9.97 Å². The number of aromatic amines is 1. The van der Waals surface area contributed by atoms with E-state index in [-0.39, 0.29) is 5.82 Å². The predicted molar refractivity (Wildman–Crippen MR) is 63.9 cm³/mol. The Hall–Kier alpha value is -2.87. The largest absolute Gasteiger partial charge is 0.472 e. The van der Waals surface area contributed by atoms with Crippen LogP contribution in [0.1, 0.15) is 16.2 Å². The summed E-state index contributed by atoms with van der Waals surface area (Å²) in [5, 5.41) is 8.42. The smallest absolute Gasteiger partial charge is 0.382 e. The minimum atomic E-state index is -1.16. The van der Waals surface area contributed by atoms with E-state index in [1.54, 1.807) is 30.5 Å². The van der Waals surface area contributed by atoms with Gasteiger partial charge < -0.3 is 10.1 Å². The number of imidazole rings is 1. The number of rotatable bonds is 2. The number of carbonyl (C=O) groups excluding carboxylic acids is 1. The Labute approximate surface area is 102 Å². The van der Waals surface area contributed by atoms with Crippen LogP contribution in [-0.2, 0) is 4.79 Å². The third-order valence-corrected chi connectivity index (χ3v) is 2.22. The molecule has 0 fully saturated rings. The molecule has 0 saturated carbocycles. The van der Waals surface area contributed by atoms with E-state index >= 15 is 0 Å². The van der Waals surface area contributed by atoms with Crippen molar-refractivity contribution >= 4 is 12.3 Å². The van der Waals surface area contributed by atoms with Gasteiger partial charge in [0.15, 0.2) is 12.1 Å². The maximum atomic E-state index is 10.5. The summed E-state index contributed by atoms with van der Waals surface area (Å²) in [5.41, 5.74) is 2.17. The quantitative estimate of drug-likeness (QED) is 0.612. The number of carbonyl (C=O) groups is 2. The minimum Gasteiger partial charge on any atom is -0.472 e. The molecule has 2 N–H and O–H groups in total. The molecule has 0 atom stereocenters. The number of carboxylic acid groups (broad SMARTS) is 1. The number of aldehydes is 1. The van der Waals surface area contributed by atoms with Crippen molar-refractivity contribution in [2.75, 3.05) is 0 Å². The van der Waals surface area contributed by atoms with Crippen LogP contribution >= 0.6 is 0 Å². The minimum absolute atomic E-state index is 0.264. The second-order valence-electron chi connectivity index (χ2n) is 3.43. The maximum Gasteiger partial charge on any atom is 0.382 e. The molecule has 0 amide bonds. The molecular formula is C13H8N2O3. The molecule has 1 heterocycles. The molecule has 0 aliphatic heterocycles. The molecule has 0 unspecified atom stereocenters. The zero-order valence-electron chi connectivity index (χ0n) is 9.18. The lowest BCUT2D eigenvalue weighted by molar-refractivity contribution is -0.130. The highest BCUT2D eigenvalue weighted by atomic mass is 16.4. The topological polar surface area (TPSA) is 83.1 Å². The van der Waals surface area contributed by atoms with Gasteiger partial charge in [0, 0.05) is 11.5 Å². The van der Waals surface area contributed by atoms with E-state index in [4.69, 9.17) is 5.11 Å². The summed E-state index contributed by atoms with van der Waals surface area (Å²) in [6.45, 7) is 0. The molecule has 0 saturated heterocycles. The second kappa shape index (κ2) is 4.97. The van der Waals surface area contributed by atoms with Crippen molar-refractivity contribution in [3.05, 3.63) is 41.9 Å². The predicted octanol–water partition coefficient (Wildman–Crippen LogP) is 1.33. The number of hydrogen-bond acceptors (Lipinski definition) is 3. The summed E-state index contributed by atoms with van der Waals surface area (Å²) < 4.78 is 0. The molecule has 18 heavy (non-hydrogen) atoms. The van der Waals surface area contributed by atoms with Crippen LogP contribution in [0.3, 0.4) is 0 Å². The maximum absolute atomic E-state index is 10.5. The standard InChI is InChI=1S/C13H8N2O3/c16-8-12-14-7-11(15-12)10-4-1-9(2-5-10)3-6-13(17)18/h1-2,4-5,7-8H,(H,14,15)(H,17,18). The van der Waals surface area contributed by atoms with Crippen molar-refractivity contribution in [3.63, 3.8) is 0 Å². The zero-order chi connectivity index (χ0) is 13.0. The average molecular weight is 240 g/mol. The lowest BCUT2D eigenvalue weighted by Gasteiger charge is -1.96. The van der Waals surface area contributed by atoms with Gasteiger partial charge in [0.05, 0.1) is 11.9 Å². The number of aromatic nitrogens is 2. The van der Waals surface area contributed by atoms with Gasteiger partial charge in [0.2, 0.25) is 0 Å². The Bertz CT molecular complexity index is 645. The highest BCUT2D eigenvalue weighted by Gasteiger charge is 2.01. The van der Waals surface area contributed by atoms with E-state index < -0.39 is 5.97 Å². The fourth-order valence-corrected chi connectivity index (χ4v) is 1.40. The van der Waals surface area contributed by atoms with E-state index in [1.807, 2.05) is 5.92 Å². The Kier molecular flexibility index (Phi) is 3.21. The van der Waals surface area contributed by atoms with E-state index in [9.17, 15) is 9.59 Å². The summed E-state index contributed by atoms with van der Waals surface area (Å²) in [6, 6.07) is 6.95. The van der Waals surface area contributed by atoms with Crippen LogP contribution in [0.25, 0.3) is 11.3 Å². The number of H-pyrrole nitrogens is 1. The van der Waals surface area contributed by atoms with E-state index in [1.165, 1.54) is 0 Å². The zero-order valence-corrected chi connectivity index (χ0v) is 9.18. The Balaban J connectivity index is 2.25. The highest BCUT2D eigenvalue weighted by molar-refractivity contribution is 5.87. The molecular weight excluding hydrogens is 232 g/mol. The molecule has 1 aromatic heterocycles. The molecule has 1 aromatic carbocycles. The monoisotopic (exact) mass is 240 g/mol. The van der Waals surface area contributed by atoms with Crippen molar-refractivity contribution in [1.29, 1.82) is 0 Å². The van der Waals surface area contributed by atoms with Crippen molar-refractivity contribution in [2.24, 2.45) is 0 Å². The van der Waals surface area contributed by atoms with E-state index in [2.05, 4.69) is 15.9 Å². The van der Waals surface area contributed by atoms with Crippen LogP contribution in [-0.4, -0.2) is 27.3 Å². The number of aliphatic carboxylic acids is 1. The molecule has 5 nitrogen and oxygen atoms in total. The van der Waals surface area contributed by atoms with Gasteiger partial charge in [-0.1, -0.05) is 18.1 Å². The lowest BCUT2D eigenvalue weighted by atomic mass is 10.1. The number of nitrogens with one attached hydrogen (secondary N) is 1. The molecule has 0 bridgehead atoms. The number of nitrogens with zero attached hydrogens (tertiary/aromatic N) is 1. The molecule has 2 rings (SSSR count). The van der Waals surface area contributed by atoms with Gasteiger partial charge >= 0.3 is 5.97 Å². The van der Waals surface area contributed by atoms with Gasteiger partial charge in [-0.2, -0.15) is 0 Å². The fraction of sp³-hybridized carbons (Fsp3) is 0. The summed E-state index contributed by atoms with van der Waals surface area (Å²) in [5.74, 6) is 3.64. The first-order valence-corrected chi connectivity index (χ1v) is 5.04. The molecule has 0 spiro atoms. The first kappa shape index (κ1) is 11.6. The lowest BCUT2D eigenvalue weighted by Crippen LogP contribution is -1.87. The highest BCUT2D eigenvalue weighted by Crippen LogP contribution is 2.16. The van der Waals surface area contributed by atoms with Crippen LogP contribution in [0.4, 0.5) is 0 Å². The van der Waals surface area contributed by atoms with Crippen molar-refractivity contribution < 1.29 is 14.7 Å². The molecule has 0 aliphatic carbocycles. The summed E-state index contributed by atoms with van der Waals surface area (Å²) in [7, 11) is 0. The summed E-state index contributed by atoms with van der Waals surface area (Å²) >= 11 is 0. The number of carboxylic acids is 1. The third-order valence-electron chi connectivity index (χ3n) is 2.22. The van der Waals surface area contributed by atoms with Crippen LogP contribution in [0.5, 0.6) is 0 Å². The average Bonchev–Trinajstić information content (AvgIpc) is 2.85. The third kappa shape index (κ3) is 2.62. The number of hydrogen-bond donors (Lipinski definition) is 2. The summed E-state index contributed by atoms with van der Waals surface area (Å²) in [4.78, 5) is 27.5. The van der Waals surface area contributed by atoms with Crippen molar-refractivity contribution in [2.45, 2.75) is 0 Å². The first-order valence-electron chi connectivity index (χ1n) is 5.04. The van der Waals surface area contributed by atoms with Crippen molar-refractivity contribution in [3.8, 4) is 23.1 Å². The molecule has 2 aromatic rings. The fourth-order valence-electron chi connectivity index (χ4n) is 1.40.